The van der Waals surface area contributed by atoms with Crippen molar-refractivity contribution in [1.82, 2.24) is 9.97 Å². The van der Waals surface area contributed by atoms with Crippen molar-refractivity contribution in [2.45, 2.75) is 6.61 Å². The summed E-state index contributed by atoms with van der Waals surface area (Å²) in [5.41, 5.74) is -1.19. The highest BCUT2D eigenvalue weighted by Gasteiger charge is 2.18. The number of fused-ring (bicyclic) bond motifs is 1. The molecule has 0 spiro atoms. The second-order valence-electron chi connectivity index (χ2n) is 7.10. The first-order valence-corrected chi connectivity index (χ1v) is 9.93. The minimum absolute atomic E-state index is 0.205. The molecule has 166 valence electrons. The highest BCUT2D eigenvalue weighted by Crippen LogP contribution is 2.30. The van der Waals surface area contributed by atoms with Crippen LogP contribution in [0.1, 0.15) is 16.8 Å². The van der Waals surface area contributed by atoms with Gasteiger partial charge in [0.1, 0.15) is 12.3 Å². The van der Waals surface area contributed by atoms with Crippen molar-refractivity contribution in [1.29, 1.82) is 0 Å². The molecule has 0 unspecified atom stereocenters. The first-order valence-electron chi connectivity index (χ1n) is 9.93. The van der Waals surface area contributed by atoms with Crippen molar-refractivity contribution in [2.24, 2.45) is 0 Å². The van der Waals surface area contributed by atoms with Gasteiger partial charge in [0.05, 0.1) is 12.0 Å². The van der Waals surface area contributed by atoms with E-state index < -0.39 is 21.9 Å². The average molecular weight is 445 g/mol. The molecule has 9 nitrogen and oxygen atoms in total. The SMILES string of the molecule is COc1cc(/C=C/c2[nH]c(=O)[nH]c(=O)c2[N+](=O)[O-])ccc1OCc1cccc2ccccc12. The third-order valence-electron chi connectivity index (χ3n) is 5.02. The molecular formula is C24H19N3O6. The second kappa shape index (κ2) is 9.23. The molecule has 33 heavy (non-hydrogen) atoms. The third-order valence-corrected chi connectivity index (χ3v) is 5.02. The quantitative estimate of drug-likeness (QED) is 0.328. The average Bonchev–Trinajstić information content (AvgIpc) is 2.80. The summed E-state index contributed by atoms with van der Waals surface area (Å²) in [5.74, 6) is 0.990. The maximum atomic E-state index is 11.7. The van der Waals surface area contributed by atoms with E-state index in [4.69, 9.17) is 9.47 Å². The molecule has 2 N–H and O–H groups in total. The van der Waals surface area contributed by atoms with Crippen molar-refractivity contribution >= 4 is 28.6 Å². The first-order chi connectivity index (χ1) is 16.0. The predicted octanol–water partition coefficient (Wildman–Crippen LogP) is 3.88. The fourth-order valence-electron chi connectivity index (χ4n) is 3.46. The standard InChI is InChI=1S/C24H19N3O6/c1-32-21-13-15(9-11-19-22(27(30)31)23(28)26-24(29)25-19)10-12-20(21)33-14-17-7-4-6-16-5-2-3-8-18(16)17/h2-13H,14H2,1H3,(H2,25,26,28,29)/b11-9+. The van der Waals surface area contributed by atoms with Gasteiger partial charge in [-0.3, -0.25) is 19.9 Å². The minimum Gasteiger partial charge on any atom is -0.493 e. The van der Waals surface area contributed by atoms with Gasteiger partial charge in [0.25, 0.3) is 0 Å². The van der Waals surface area contributed by atoms with Gasteiger partial charge >= 0.3 is 16.9 Å². The van der Waals surface area contributed by atoms with Gasteiger partial charge in [0.2, 0.25) is 0 Å². The molecule has 9 heteroatoms. The van der Waals surface area contributed by atoms with E-state index >= 15 is 0 Å². The van der Waals surface area contributed by atoms with E-state index in [1.54, 1.807) is 18.2 Å². The van der Waals surface area contributed by atoms with Gasteiger partial charge < -0.3 is 14.5 Å². The molecule has 0 amide bonds. The summed E-state index contributed by atoms with van der Waals surface area (Å²) in [6.07, 6.45) is 2.81. The molecule has 0 fully saturated rings. The Balaban J connectivity index is 1.58. The van der Waals surface area contributed by atoms with E-state index in [-0.39, 0.29) is 5.69 Å². The monoisotopic (exact) mass is 445 g/mol. The van der Waals surface area contributed by atoms with E-state index in [2.05, 4.69) is 4.98 Å². The van der Waals surface area contributed by atoms with Crippen LogP contribution >= 0.6 is 0 Å². The van der Waals surface area contributed by atoms with Crippen LogP contribution in [0.2, 0.25) is 0 Å². The van der Waals surface area contributed by atoms with E-state index in [0.717, 1.165) is 16.3 Å². The van der Waals surface area contributed by atoms with E-state index in [0.29, 0.717) is 23.7 Å². The molecule has 0 bridgehead atoms. The number of hydrogen-bond acceptors (Lipinski definition) is 6. The number of nitrogens with zero attached hydrogens (tertiary/aromatic N) is 1. The van der Waals surface area contributed by atoms with Crippen LogP contribution in [0.4, 0.5) is 5.69 Å². The van der Waals surface area contributed by atoms with Crippen molar-refractivity contribution < 1.29 is 14.4 Å². The summed E-state index contributed by atoms with van der Waals surface area (Å²) in [4.78, 5) is 37.7. The lowest BCUT2D eigenvalue weighted by Crippen LogP contribution is -2.25. The Labute approximate surface area is 187 Å². The molecule has 3 aromatic carbocycles. The molecule has 0 saturated heterocycles. The smallest absolute Gasteiger partial charge is 0.357 e. The van der Waals surface area contributed by atoms with Gasteiger partial charge in [-0.05, 0) is 40.1 Å². The molecular weight excluding hydrogens is 426 g/mol. The molecule has 0 aliphatic rings. The Kier molecular flexibility index (Phi) is 6.03. The molecule has 0 saturated carbocycles. The van der Waals surface area contributed by atoms with Gasteiger partial charge in [-0.1, -0.05) is 54.6 Å². The van der Waals surface area contributed by atoms with E-state index in [1.165, 1.54) is 19.3 Å². The summed E-state index contributed by atoms with van der Waals surface area (Å²) in [6, 6.07) is 19.2. The normalized spacial score (nSPS) is 11.1. The lowest BCUT2D eigenvalue weighted by atomic mass is 10.1. The zero-order valence-corrected chi connectivity index (χ0v) is 17.5. The topological polar surface area (TPSA) is 127 Å². The number of nitro groups is 1. The first kappa shape index (κ1) is 21.6. The van der Waals surface area contributed by atoms with E-state index in [9.17, 15) is 19.7 Å². The van der Waals surface area contributed by atoms with Crippen molar-refractivity contribution in [3.8, 4) is 11.5 Å². The van der Waals surface area contributed by atoms with Gasteiger partial charge in [0, 0.05) is 0 Å². The number of H-pyrrole nitrogens is 2. The van der Waals surface area contributed by atoms with Crippen molar-refractivity contribution in [3.05, 3.63) is 108 Å². The number of rotatable bonds is 7. The minimum atomic E-state index is -1.07. The molecule has 4 aromatic rings. The number of aromatic nitrogens is 2. The predicted molar refractivity (Wildman–Crippen MR) is 125 cm³/mol. The molecule has 1 aromatic heterocycles. The molecule has 0 aliphatic carbocycles. The fraction of sp³-hybridized carbons (Fsp3) is 0.0833. The molecule has 0 atom stereocenters. The van der Waals surface area contributed by atoms with Crippen LogP contribution in [0.15, 0.2) is 70.3 Å². The summed E-state index contributed by atoms with van der Waals surface area (Å²) in [5, 5.41) is 13.4. The Bertz CT molecular complexity index is 1480. The van der Waals surface area contributed by atoms with Crippen LogP contribution in [-0.2, 0) is 6.61 Å². The third kappa shape index (κ3) is 4.67. The molecule has 0 aliphatic heterocycles. The number of benzene rings is 3. The zero-order valence-electron chi connectivity index (χ0n) is 17.5. The van der Waals surface area contributed by atoms with Gasteiger partial charge in [-0.2, -0.15) is 0 Å². The van der Waals surface area contributed by atoms with Crippen LogP contribution in [-0.4, -0.2) is 22.0 Å². The largest absolute Gasteiger partial charge is 0.493 e. The number of ether oxygens (including phenoxy) is 2. The van der Waals surface area contributed by atoms with Gasteiger partial charge in [-0.25, -0.2) is 4.79 Å². The summed E-state index contributed by atoms with van der Waals surface area (Å²) < 4.78 is 11.4. The number of nitrogens with one attached hydrogen (secondary N) is 2. The Morgan fingerprint density at radius 2 is 1.76 bits per heavy atom. The fourth-order valence-corrected chi connectivity index (χ4v) is 3.46. The van der Waals surface area contributed by atoms with Gasteiger partial charge in [0.15, 0.2) is 11.5 Å². The van der Waals surface area contributed by atoms with Crippen LogP contribution < -0.4 is 20.7 Å². The van der Waals surface area contributed by atoms with Crippen LogP contribution in [0.3, 0.4) is 0 Å². The summed E-state index contributed by atoms with van der Waals surface area (Å²) >= 11 is 0. The number of methoxy groups -OCH3 is 1. The molecule has 4 rings (SSSR count). The Morgan fingerprint density at radius 1 is 0.970 bits per heavy atom. The maximum absolute atomic E-state index is 11.7. The van der Waals surface area contributed by atoms with E-state index in [1.807, 2.05) is 47.4 Å². The molecule has 1 heterocycles. The Hall–Kier alpha value is -4.66. The van der Waals surface area contributed by atoms with Crippen LogP contribution in [0, 0.1) is 10.1 Å². The maximum Gasteiger partial charge on any atom is 0.357 e. The van der Waals surface area contributed by atoms with Crippen molar-refractivity contribution in [3.63, 3.8) is 0 Å². The lowest BCUT2D eigenvalue weighted by Gasteiger charge is -2.13. The number of aromatic amines is 2. The van der Waals surface area contributed by atoms with Crippen LogP contribution in [0.5, 0.6) is 11.5 Å². The lowest BCUT2D eigenvalue weighted by molar-refractivity contribution is -0.386. The highest BCUT2D eigenvalue weighted by atomic mass is 16.6. The second-order valence-corrected chi connectivity index (χ2v) is 7.10. The Morgan fingerprint density at radius 3 is 2.55 bits per heavy atom. The van der Waals surface area contributed by atoms with Crippen molar-refractivity contribution in [2.75, 3.05) is 7.11 Å². The summed E-state index contributed by atoms with van der Waals surface area (Å²) in [7, 11) is 1.51. The highest BCUT2D eigenvalue weighted by molar-refractivity contribution is 5.85. The van der Waals surface area contributed by atoms with Gasteiger partial charge in [-0.15, -0.1) is 0 Å². The summed E-state index contributed by atoms with van der Waals surface area (Å²) in [6.45, 7) is 0.340. The van der Waals surface area contributed by atoms with Crippen LogP contribution in [0.25, 0.3) is 22.9 Å². The zero-order chi connectivity index (χ0) is 23.4. The molecule has 0 radical (unpaired) electrons. The number of hydrogen-bond donors (Lipinski definition) is 2.